The maximum Gasteiger partial charge on any atom is 0.254 e. The van der Waals surface area contributed by atoms with Crippen LogP contribution in [0.25, 0.3) is 0 Å². The molecule has 1 rings (SSSR count). The van der Waals surface area contributed by atoms with Gasteiger partial charge in [0, 0.05) is 28.8 Å². The molecule has 0 aliphatic heterocycles. The highest BCUT2D eigenvalue weighted by Gasteiger charge is 2.18. The fraction of sp³-hybridized carbons (Fsp3) is 0.429. The third kappa shape index (κ3) is 4.23. The molecular formula is C14H20BrN3O2. The summed E-state index contributed by atoms with van der Waals surface area (Å²) in [5, 5.41) is 2.75. The summed E-state index contributed by atoms with van der Waals surface area (Å²) in [6, 6.07) is 3.51. The molecule has 3 N–H and O–H groups in total. The van der Waals surface area contributed by atoms with Crippen molar-refractivity contribution in [3.8, 4) is 0 Å². The van der Waals surface area contributed by atoms with Crippen LogP contribution in [-0.2, 0) is 4.79 Å². The molecule has 0 heterocycles. The second-order valence-corrected chi connectivity index (χ2v) is 5.97. The Morgan fingerprint density at radius 3 is 2.55 bits per heavy atom. The molecule has 0 spiro atoms. The average molecular weight is 342 g/mol. The quantitative estimate of drug-likeness (QED) is 0.821. The SMILES string of the molecule is Cc1c(N)cc(Br)cc1C(=O)N(C)CC(=O)NC(C)C. The van der Waals surface area contributed by atoms with Gasteiger partial charge in [0.2, 0.25) is 5.91 Å². The first-order valence-electron chi connectivity index (χ1n) is 6.32. The summed E-state index contributed by atoms with van der Waals surface area (Å²) >= 11 is 3.32. The molecule has 0 bridgehead atoms. The van der Waals surface area contributed by atoms with Crippen molar-refractivity contribution < 1.29 is 9.59 Å². The fourth-order valence-corrected chi connectivity index (χ4v) is 2.26. The van der Waals surface area contributed by atoms with Gasteiger partial charge in [-0.3, -0.25) is 9.59 Å². The molecule has 20 heavy (non-hydrogen) atoms. The number of amides is 2. The van der Waals surface area contributed by atoms with Gasteiger partial charge in [-0.25, -0.2) is 0 Å². The minimum Gasteiger partial charge on any atom is -0.398 e. The number of nitrogens with zero attached hydrogens (tertiary/aromatic N) is 1. The number of nitrogens with two attached hydrogens (primary N) is 1. The molecule has 1 aromatic rings. The Hall–Kier alpha value is -1.56. The van der Waals surface area contributed by atoms with E-state index in [9.17, 15) is 9.59 Å². The molecule has 0 aliphatic rings. The number of benzene rings is 1. The van der Waals surface area contributed by atoms with Gasteiger partial charge in [-0.2, -0.15) is 0 Å². The third-order valence-corrected chi connectivity index (χ3v) is 3.28. The van der Waals surface area contributed by atoms with Crippen molar-refractivity contribution in [3.05, 3.63) is 27.7 Å². The van der Waals surface area contributed by atoms with Crippen molar-refractivity contribution in [3.63, 3.8) is 0 Å². The molecule has 0 fully saturated rings. The summed E-state index contributed by atoms with van der Waals surface area (Å²) in [4.78, 5) is 25.4. The molecule has 110 valence electrons. The van der Waals surface area contributed by atoms with Crippen LogP contribution < -0.4 is 11.1 Å². The van der Waals surface area contributed by atoms with Gasteiger partial charge in [0.25, 0.3) is 5.91 Å². The number of halogens is 1. The smallest absolute Gasteiger partial charge is 0.254 e. The van der Waals surface area contributed by atoms with E-state index in [4.69, 9.17) is 5.73 Å². The van der Waals surface area contributed by atoms with Crippen LogP contribution in [0.3, 0.4) is 0 Å². The Balaban J connectivity index is 2.87. The lowest BCUT2D eigenvalue weighted by Gasteiger charge is -2.19. The van der Waals surface area contributed by atoms with Gasteiger partial charge < -0.3 is 16.0 Å². The Morgan fingerprint density at radius 2 is 2.00 bits per heavy atom. The molecule has 0 aliphatic carbocycles. The van der Waals surface area contributed by atoms with Gasteiger partial charge in [-0.15, -0.1) is 0 Å². The normalized spacial score (nSPS) is 10.5. The van der Waals surface area contributed by atoms with Crippen molar-refractivity contribution in [2.45, 2.75) is 26.8 Å². The number of hydrogen-bond donors (Lipinski definition) is 2. The zero-order valence-electron chi connectivity index (χ0n) is 12.2. The van der Waals surface area contributed by atoms with Crippen LogP contribution in [0.1, 0.15) is 29.8 Å². The summed E-state index contributed by atoms with van der Waals surface area (Å²) < 4.78 is 0.740. The van der Waals surface area contributed by atoms with Crippen LogP contribution in [0.2, 0.25) is 0 Å². The third-order valence-electron chi connectivity index (χ3n) is 2.82. The van der Waals surface area contributed by atoms with Crippen molar-refractivity contribution in [1.82, 2.24) is 10.2 Å². The van der Waals surface area contributed by atoms with Gasteiger partial charge >= 0.3 is 0 Å². The number of carbonyl (C=O) groups is 2. The predicted octanol–water partition coefficient (Wildman–Crippen LogP) is 1.94. The minimum atomic E-state index is -0.227. The van der Waals surface area contributed by atoms with E-state index in [1.165, 1.54) is 4.90 Å². The standard InChI is InChI=1S/C14H20BrN3O2/c1-8(2)17-13(19)7-18(4)14(20)11-5-10(15)6-12(16)9(11)3/h5-6,8H,7,16H2,1-4H3,(H,17,19). The zero-order chi connectivity index (χ0) is 15.4. The first-order valence-corrected chi connectivity index (χ1v) is 7.12. The van der Waals surface area contributed by atoms with Crippen LogP contribution in [0.5, 0.6) is 0 Å². The van der Waals surface area contributed by atoms with Gasteiger partial charge in [-0.05, 0) is 38.5 Å². The molecule has 6 heteroatoms. The zero-order valence-corrected chi connectivity index (χ0v) is 13.7. The number of nitrogens with one attached hydrogen (secondary N) is 1. The highest BCUT2D eigenvalue weighted by molar-refractivity contribution is 9.10. The molecule has 0 saturated heterocycles. The highest BCUT2D eigenvalue weighted by atomic mass is 79.9. The minimum absolute atomic E-state index is 0.0167. The second-order valence-electron chi connectivity index (χ2n) is 5.05. The Bertz CT molecular complexity index is 529. The maximum atomic E-state index is 12.4. The van der Waals surface area contributed by atoms with E-state index < -0.39 is 0 Å². The fourth-order valence-electron chi connectivity index (χ4n) is 1.78. The largest absolute Gasteiger partial charge is 0.398 e. The molecule has 0 radical (unpaired) electrons. The molecule has 0 saturated carbocycles. The Labute approximate surface area is 127 Å². The molecule has 2 amide bonds. The maximum absolute atomic E-state index is 12.4. The number of nitrogen functional groups attached to an aromatic ring is 1. The Kier molecular flexibility index (Phi) is 5.56. The van der Waals surface area contributed by atoms with Crippen molar-refractivity contribution in [2.24, 2.45) is 0 Å². The summed E-state index contributed by atoms with van der Waals surface area (Å²) in [6.07, 6.45) is 0. The topological polar surface area (TPSA) is 75.4 Å². The Morgan fingerprint density at radius 1 is 1.40 bits per heavy atom. The average Bonchev–Trinajstić information content (AvgIpc) is 2.31. The van der Waals surface area contributed by atoms with E-state index >= 15 is 0 Å². The van der Waals surface area contributed by atoms with E-state index in [1.807, 2.05) is 13.8 Å². The first-order chi connectivity index (χ1) is 9.22. The lowest BCUT2D eigenvalue weighted by atomic mass is 10.1. The van der Waals surface area contributed by atoms with E-state index in [2.05, 4.69) is 21.2 Å². The number of hydrogen-bond acceptors (Lipinski definition) is 3. The van der Waals surface area contributed by atoms with Crippen molar-refractivity contribution >= 4 is 33.4 Å². The molecular weight excluding hydrogens is 322 g/mol. The number of anilines is 1. The predicted molar refractivity (Wildman–Crippen MR) is 83.5 cm³/mol. The summed E-state index contributed by atoms with van der Waals surface area (Å²) in [6.45, 7) is 5.55. The van der Waals surface area contributed by atoms with Crippen LogP contribution >= 0.6 is 15.9 Å². The summed E-state index contributed by atoms with van der Waals surface area (Å²) in [7, 11) is 1.60. The monoisotopic (exact) mass is 341 g/mol. The van der Waals surface area contributed by atoms with Gasteiger partial charge in [0.1, 0.15) is 0 Å². The molecule has 0 unspecified atom stereocenters. The molecule has 5 nitrogen and oxygen atoms in total. The van der Waals surface area contributed by atoms with E-state index in [0.29, 0.717) is 16.8 Å². The van der Waals surface area contributed by atoms with E-state index in [1.54, 1.807) is 26.1 Å². The van der Waals surface area contributed by atoms with Gasteiger partial charge in [0.15, 0.2) is 0 Å². The lowest BCUT2D eigenvalue weighted by molar-refractivity contribution is -0.122. The first kappa shape index (κ1) is 16.5. The molecule has 1 aromatic carbocycles. The second kappa shape index (κ2) is 6.74. The molecule has 0 aromatic heterocycles. The van der Waals surface area contributed by atoms with Crippen LogP contribution in [0.15, 0.2) is 16.6 Å². The van der Waals surface area contributed by atoms with Crippen LogP contribution in [-0.4, -0.2) is 36.3 Å². The van der Waals surface area contributed by atoms with E-state index in [-0.39, 0.29) is 24.4 Å². The van der Waals surface area contributed by atoms with Crippen molar-refractivity contribution in [2.75, 3.05) is 19.3 Å². The molecule has 0 atom stereocenters. The summed E-state index contributed by atoms with van der Waals surface area (Å²) in [5.74, 6) is -0.411. The van der Waals surface area contributed by atoms with Crippen LogP contribution in [0, 0.1) is 6.92 Å². The number of likely N-dealkylation sites (N-methyl/N-ethyl adjacent to an activating group) is 1. The number of carbonyl (C=O) groups excluding carboxylic acids is 2. The number of rotatable bonds is 4. The highest BCUT2D eigenvalue weighted by Crippen LogP contribution is 2.23. The van der Waals surface area contributed by atoms with Crippen LogP contribution in [0.4, 0.5) is 5.69 Å². The van der Waals surface area contributed by atoms with Crippen molar-refractivity contribution in [1.29, 1.82) is 0 Å². The van der Waals surface area contributed by atoms with Gasteiger partial charge in [-0.1, -0.05) is 15.9 Å². The van der Waals surface area contributed by atoms with E-state index in [0.717, 1.165) is 4.47 Å². The van der Waals surface area contributed by atoms with Gasteiger partial charge in [0.05, 0.1) is 6.54 Å². The lowest BCUT2D eigenvalue weighted by Crippen LogP contribution is -2.41. The summed E-state index contributed by atoms with van der Waals surface area (Å²) in [5.41, 5.74) is 7.60.